The molecule has 0 aliphatic rings. The zero-order valence-electron chi connectivity index (χ0n) is 25.3. The summed E-state index contributed by atoms with van der Waals surface area (Å²) in [6.07, 6.45) is 18.1. The van der Waals surface area contributed by atoms with Crippen LogP contribution < -0.4 is 14.2 Å². The minimum atomic E-state index is 0.664. The molecule has 0 saturated carbocycles. The quantitative estimate of drug-likeness (QED) is 0.0513. The fourth-order valence-corrected chi connectivity index (χ4v) is 6.55. The van der Waals surface area contributed by atoms with Crippen LogP contribution in [0.1, 0.15) is 88.2 Å². The lowest BCUT2D eigenvalue weighted by Gasteiger charge is -2.18. The van der Waals surface area contributed by atoms with Gasteiger partial charge in [0, 0.05) is 20.9 Å². The van der Waals surface area contributed by atoms with Crippen LogP contribution in [0.5, 0.6) is 17.2 Å². The Labute approximate surface area is 289 Å². The highest BCUT2D eigenvalue weighted by Gasteiger charge is 2.16. The standard InChI is InChI=1S/C36H47Br3O3S/c37-21-7-1-4-10-24-40-33-28-31(16-15-30-17-19-32(20-18-30)35-14-13-27-43-35)29-34(41-25-11-5-2-8-22-38)36(33)42-26-12-6-3-9-23-39/h13-20,27-29H,1-12,21-26H2. The van der Waals surface area contributed by atoms with Crippen molar-refractivity contribution >= 4 is 71.3 Å². The minimum absolute atomic E-state index is 0.664. The minimum Gasteiger partial charge on any atom is -0.490 e. The Kier molecular flexibility index (Phi) is 19.5. The predicted molar refractivity (Wildman–Crippen MR) is 198 cm³/mol. The van der Waals surface area contributed by atoms with Gasteiger partial charge in [-0.2, -0.15) is 0 Å². The maximum absolute atomic E-state index is 6.41. The van der Waals surface area contributed by atoms with Crippen LogP contribution in [0.3, 0.4) is 0 Å². The number of rotatable bonds is 24. The second-order valence-corrected chi connectivity index (χ2v) is 14.0. The number of hydrogen-bond donors (Lipinski definition) is 0. The van der Waals surface area contributed by atoms with E-state index in [4.69, 9.17) is 14.2 Å². The van der Waals surface area contributed by atoms with Gasteiger partial charge in [-0.3, -0.25) is 0 Å². The van der Waals surface area contributed by atoms with Crippen molar-refractivity contribution < 1.29 is 14.2 Å². The number of halogens is 3. The van der Waals surface area contributed by atoms with Crippen molar-refractivity contribution in [3.8, 4) is 27.7 Å². The Morgan fingerprint density at radius 3 is 1.51 bits per heavy atom. The lowest BCUT2D eigenvalue weighted by Crippen LogP contribution is -2.07. The lowest BCUT2D eigenvalue weighted by molar-refractivity contribution is 0.234. The van der Waals surface area contributed by atoms with Crippen LogP contribution in [0.2, 0.25) is 0 Å². The molecule has 0 radical (unpaired) electrons. The SMILES string of the molecule is BrCCCCCCOc1cc(C=Cc2ccc(-c3cccs3)cc2)cc(OCCCCCCBr)c1OCCCCCCBr. The Morgan fingerprint density at radius 2 is 1.02 bits per heavy atom. The number of thiophene rings is 1. The number of benzene rings is 2. The van der Waals surface area contributed by atoms with Gasteiger partial charge in [-0.15, -0.1) is 11.3 Å². The molecule has 3 rings (SSSR count). The summed E-state index contributed by atoms with van der Waals surface area (Å²) in [5, 5.41) is 5.29. The van der Waals surface area contributed by atoms with Crippen LogP contribution in [0.4, 0.5) is 0 Å². The molecule has 1 aromatic heterocycles. The van der Waals surface area contributed by atoms with Gasteiger partial charge in [-0.05, 0) is 78.8 Å². The first-order chi connectivity index (χ1) is 21.2. The molecule has 0 aliphatic heterocycles. The summed E-state index contributed by atoms with van der Waals surface area (Å²) >= 11 is 12.4. The highest BCUT2D eigenvalue weighted by molar-refractivity contribution is 9.09. The zero-order chi connectivity index (χ0) is 30.4. The van der Waals surface area contributed by atoms with Gasteiger partial charge in [0.25, 0.3) is 0 Å². The molecule has 3 aromatic rings. The molecule has 2 aromatic carbocycles. The smallest absolute Gasteiger partial charge is 0.203 e. The predicted octanol–water partition coefficient (Wildman–Crippen LogP) is 12.6. The van der Waals surface area contributed by atoms with E-state index in [2.05, 4.69) is 114 Å². The molecule has 0 fully saturated rings. The van der Waals surface area contributed by atoms with Crippen molar-refractivity contribution in [3.05, 3.63) is 65.0 Å². The maximum Gasteiger partial charge on any atom is 0.203 e. The van der Waals surface area contributed by atoms with E-state index in [1.807, 2.05) is 0 Å². The fraction of sp³-hybridized carbons (Fsp3) is 0.500. The van der Waals surface area contributed by atoms with Gasteiger partial charge in [0.2, 0.25) is 5.75 Å². The average molecular weight is 800 g/mol. The third-order valence-corrected chi connectivity index (χ3v) is 9.67. The van der Waals surface area contributed by atoms with Crippen LogP contribution in [0, 0.1) is 0 Å². The normalized spacial score (nSPS) is 11.3. The molecule has 0 bridgehead atoms. The molecule has 0 spiro atoms. The van der Waals surface area contributed by atoms with Crippen molar-refractivity contribution in [1.82, 2.24) is 0 Å². The van der Waals surface area contributed by atoms with Crippen LogP contribution in [-0.2, 0) is 0 Å². The highest BCUT2D eigenvalue weighted by Crippen LogP contribution is 2.40. The van der Waals surface area contributed by atoms with Crippen molar-refractivity contribution in [2.24, 2.45) is 0 Å². The van der Waals surface area contributed by atoms with Crippen LogP contribution in [-0.4, -0.2) is 35.8 Å². The Morgan fingerprint density at radius 1 is 0.535 bits per heavy atom. The van der Waals surface area contributed by atoms with Crippen molar-refractivity contribution in [3.63, 3.8) is 0 Å². The molecule has 0 unspecified atom stereocenters. The lowest BCUT2D eigenvalue weighted by atomic mass is 10.1. The third kappa shape index (κ3) is 14.6. The number of hydrogen-bond acceptors (Lipinski definition) is 4. The summed E-state index contributed by atoms with van der Waals surface area (Å²) in [7, 11) is 0. The third-order valence-electron chi connectivity index (χ3n) is 7.07. The van der Waals surface area contributed by atoms with E-state index in [9.17, 15) is 0 Å². The van der Waals surface area contributed by atoms with Crippen molar-refractivity contribution in [2.75, 3.05) is 35.8 Å². The molecule has 0 atom stereocenters. The molecule has 0 aliphatic carbocycles. The first kappa shape index (κ1) is 36.2. The van der Waals surface area contributed by atoms with E-state index in [-0.39, 0.29) is 0 Å². The number of alkyl halides is 3. The van der Waals surface area contributed by atoms with Gasteiger partial charge < -0.3 is 14.2 Å². The van der Waals surface area contributed by atoms with Crippen molar-refractivity contribution in [1.29, 1.82) is 0 Å². The molecule has 3 nitrogen and oxygen atoms in total. The molecule has 7 heteroatoms. The monoisotopic (exact) mass is 796 g/mol. The van der Waals surface area contributed by atoms with Crippen molar-refractivity contribution in [2.45, 2.75) is 77.0 Å². The van der Waals surface area contributed by atoms with Gasteiger partial charge in [-0.1, -0.05) is 129 Å². The van der Waals surface area contributed by atoms with E-state index < -0.39 is 0 Å². The molecule has 1 heterocycles. The van der Waals surface area contributed by atoms with E-state index in [1.54, 1.807) is 11.3 Å². The topological polar surface area (TPSA) is 27.7 Å². The Hall–Kier alpha value is -1.28. The van der Waals surface area contributed by atoms with Gasteiger partial charge in [0.05, 0.1) is 19.8 Å². The first-order valence-corrected chi connectivity index (χ1v) is 20.1. The van der Waals surface area contributed by atoms with Gasteiger partial charge in [0.1, 0.15) is 0 Å². The van der Waals surface area contributed by atoms with Gasteiger partial charge in [0.15, 0.2) is 11.5 Å². The molecule has 0 amide bonds. The summed E-state index contributed by atoms with van der Waals surface area (Å²) < 4.78 is 19.2. The fourth-order valence-electron chi connectivity index (χ4n) is 4.63. The average Bonchev–Trinajstić information content (AvgIpc) is 3.57. The summed E-state index contributed by atoms with van der Waals surface area (Å²) in [5.74, 6) is 2.31. The largest absolute Gasteiger partial charge is 0.490 e. The van der Waals surface area contributed by atoms with Crippen LogP contribution in [0.25, 0.3) is 22.6 Å². The molecular weight excluding hydrogens is 752 g/mol. The van der Waals surface area contributed by atoms with Crippen LogP contribution in [0.15, 0.2) is 53.9 Å². The summed E-state index contributed by atoms with van der Waals surface area (Å²) in [5.41, 5.74) is 3.46. The second kappa shape index (κ2) is 23.1. The molecule has 0 N–H and O–H groups in total. The van der Waals surface area contributed by atoms with E-state index in [0.29, 0.717) is 19.8 Å². The zero-order valence-corrected chi connectivity index (χ0v) is 30.9. The number of unbranched alkanes of at least 4 members (excludes halogenated alkanes) is 9. The number of ether oxygens (including phenoxy) is 3. The Balaban J connectivity index is 1.77. The summed E-state index contributed by atoms with van der Waals surface area (Å²) in [6, 6.07) is 17.2. The van der Waals surface area contributed by atoms with E-state index in [0.717, 1.165) is 82.9 Å². The summed E-state index contributed by atoms with van der Waals surface area (Å²) in [6.45, 7) is 2.01. The molecular formula is C36H47Br3O3S. The van der Waals surface area contributed by atoms with Gasteiger partial charge >= 0.3 is 0 Å². The van der Waals surface area contributed by atoms with E-state index >= 15 is 0 Å². The molecule has 43 heavy (non-hydrogen) atoms. The van der Waals surface area contributed by atoms with E-state index in [1.165, 1.54) is 49.0 Å². The maximum atomic E-state index is 6.41. The van der Waals surface area contributed by atoms with Crippen LogP contribution >= 0.6 is 59.1 Å². The molecule has 0 saturated heterocycles. The Bertz CT molecular complexity index is 1110. The van der Waals surface area contributed by atoms with Gasteiger partial charge in [-0.25, -0.2) is 0 Å². The highest BCUT2D eigenvalue weighted by atomic mass is 79.9. The second-order valence-electron chi connectivity index (χ2n) is 10.6. The first-order valence-electron chi connectivity index (χ1n) is 15.8. The summed E-state index contributed by atoms with van der Waals surface area (Å²) in [4.78, 5) is 1.29. The molecule has 236 valence electrons.